The molecule has 2 N–H and O–H groups in total. The van der Waals surface area contributed by atoms with Gasteiger partial charge in [-0.05, 0) is 61.0 Å². The smallest absolute Gasteiger partial charge is 0.408 e. The minimum atomic E-state index is -1.29. The zero-order chi connectivity index (χ0) is 40.3. The number of hydrogen-bond donors (Lipinski definition) is 2. The Kier molecular flexibility index (Phi) is 10.8. The summed E-state index contributed by atoms with van der Waals surface area (Å²) < 4.78 is 23.1. The van der Waals surface area contributed by atoms with Crippen LogP contribution in [-0.2, 0) is 23.9 Å². The number of halogens is 1. The summed E-state index contributed by atoms with van der Waals surface area (Å²) in [6.45, 7) is 13.5. The number of methoxy groups -OCH3 is 2. The first-order valence-electron chi connectivity index (χ1n) is 19.2. The molecule has 0 spiro atoms. The van der Waals surface area contributed by atoms with E-state index in [1.54, 1.807) is 24.3 Å². The molecule has 7 rings (SSSR count). The zero-order valence-electron chi connectivity index (χ0n) is 32.8. The fourth-order valence-corrected chi connectivity index (χ4v) is 9.38. The van der Waals surface area contributed by atoms with Gasteiger partial charge in [-0.1, -0.05) is 52.3 Å². The summed E-state index contributed by atoms with van der Waals surface area (Å²) in [6.07, 6.45) is 3.31. The Morgan fingerprint density at radius 3 is 2.39 bits per heavy atom. The summed E-state index contributed by atoms with van der Waals surface area (Å²) in [4.78, 5) is 66.4. The van der Waals surface area contributed by atoms with Gasteiger partial charge in [-0.2, -0.15) is 0 Å². The maximum Gasteiger partial charge on any atom is 0.408 e. The predicted molar refractivity (Wildman–Crippen MR) is 212 cm³/mol. The zero-order valence-corrected chi connectivity index (χ0v) is 34.4. The Morgan fingerprint density at radius 2 is 1.79 bits per heavy atom. The SMILES string of the molecule is C=C[C@@H]1C[C@]1(NC(=O)[C@@H]1C[C@@H](Oc2cc(-c3nc(C(C)C)cs3)nc3c(Cl)c(OC)ccc23)CN1C(=O)[C@@H](NC(=O)OC1C[C@@H]2C[C@@H]2C1)C(C)(C)C)C(=O)OC. The molecular weight excluding hydrogens is 758 g/mol. The summed E-state index contributed by atoms with van der Waals surface area (Å²) in [5, 5.41) is 9.31. The van der Waals surface area contributed by atoms with Gasteiger partial charge in [0.05, 0.1) is 32.0 Å². The molecule has 1 aliphatic heterocycles. The number of hydrogen-bond acceptors (Lipinski definition) is 11. The summed E-state index contributed by atoms with van der Waals surface area (Å²) >= 11 is 8.29. The van der Waals surface area contributed by atoms with E-state index >= 15 is 0 Å². The van der Waals surface area contributed by atoms with Crippen LogP contribution in [-0.4, -0.2) is 89.3 Å². The van der Waals surface area contributed by atoms with Crippen molar-refractivity contribution in [3.63, 3.8) is 0 Å². The van der Waals surface area contributed by atoms with Crippen molar-refractivity contribution in [3.8, 4) is 22.2 Å². The fraction of sp³-hybridized carbons (Fsp3) is 0.561. The van der Waals surface area contributed by atoms with Crippen molar-refractivity contribution in [3.05, 3.63) is 47.0 Å². The molecule has 56 heavy (non-hydrogen) atoms. The van der Waals surface area contributed by atoms with Crippen LogP contribution in [0.4, 0.5) is 4.79 Å². The third-order valence-corrected chi connectivity index (χ3v) is 12.8. The average Bonchev–Trinajstić information content (AvgIpc) is 3.79. The van der Waals surface area contributed by atoms with Crippen LogP contribution in [0, 0.1) is 23.2 Å². The van der Waals surface area contributed by atoms with Crippen LogP contribution in [0.3, 0.4) is 0 Å². The Balaban J connectivity index is 1.21. The third-order valence-electron chi connectivity index (χ3n) is 11.6. The largest absolute Gasteiger partial charge is 0.495 e. The molecule has 8 atom stereocenters. The Morgan fingerprint density at radius 1 is 1.05 bits per heavy atom. The van der Waals surface area contributed by atoms with Crippen LogP contribution in [0.25, 0.3) is 21.6 Å². The maximum atomic E-state index is 14.7. The standard InChI is InChI=1S/C41H50ClN5O8S/c1-9-23-17-41(23,38(50)53-8)46-35(48)29-15-25(18-47(29)37(49)34(40(4,5)6)45-39(51)55-24-13-21-12-22(21)14-24)54-31-16-27(36-44-28(19-56-36)20(2)3)43-33-26(31)10-11-30(52-7)32(33)42/h9-11,16,19-25,29,34H,1,12-15,17-18H2,2-8H3,(H,45,51)(H,46,48)/t21-,22+,23-,24?,25-,29+,34-,41-/m1/s1. The van der Waals surface area contributed by atoms with E-state index in [4.69, 9.17) is 40.5 Å². The number of nitrogens with one attached hydrogen (secondary N) is 2. The van der Waals surface area contributed by atoms with Gasteiger partial charge in [0, 0.05) is 29.2 Å². The number of alkyl carbamates (subject to hydrolysis) is 1. The van der Waals surface area contributed by atoms with Crippen molar-refractivity contribution < 1.29 is 38.1 Å². The minimum Gasteiger partial charge on any atom is -0.495 e. The van der Waals surface area contributed by atoms with Crippen LogP contribution in [0.2, 0.25) is 5.02 Å². The average molecular weight is 808 g/mol. The molecule has 2 aromatic heterocycles. The first-order valence-corrected chi connectivity index (χ1v) is 20.4. The highest BCUT2D eigenvalue weighted by Gasteiger charge is 2.62. The molecule has 15 heteroatoms. The molecule has 0 radical (unpaired) electrons. The highest BCUT2D eigenvalue weighted by Crippen LogP contribution is 2.52. The molecule has 3 aromatic rings. The number of ether oxygens (including phenoxy) is 4. The van der Waals surface area contributed by atoms with E-state index in [0.717, 1.165) is 18.5 Å². The van der Waals surface area contributed by atoms with Crippen LogP contribution in [0.15, 0.2) is 36.2 Å². The lowest BCUT2D eigenvalue weighted by atomic mass is 9.85. The molecule has 4 fully saturated rings. The number of carbonyl (C=O) groups excluding carboxylic acids is 4. The Bertz CT molecular complexity index is 2060. The molecule has 1 saturated heterocycles. The second-order valence-electron chi connectivity index (χ2n) is 16.9. The number of aromatic nitrogens is 2. The number of esters is 1. The normalized spacial score (nSPS) is 27.0. The highest BCUT2D eigenvalue weighted by atomic mass is 35.5. The summed E-state index contributed by atoms with van der Waals surface area (Å²) in [6, 6.07) is 3.22. The van der Waals surface area contributed by atoms with Crippen molar-refractivity contribution in [1.82, 2.24) is 25.5 Å². The number of benzene rings is 1. The van der Waals surface area contributed by atoms with Crippen molar-refractivity contribution >= 4 is 57.7 Å². The highest BCUT2D eigenvalue weighted by molar-refractivity contribution is 7.13. The second kappa shape index (κ2) is 15.1. The summed E-state index contributed by atoms with van der Waals surface area (Å²) in [5.74, 6) is 0.355. The second-order valence-corrected chi connectivity index (χ2v) is 18.1. The molecule has 13 nitrogen and oxygen atoms in total. The van der Waals surface area contributed by atoms with Crippen molar-refractivity contribution in [2.45, 2.75) is 102 Å². The van der Waals surface area contributed by atoms with E-state index in [9.17, 15) is 19.2 Å². The van der Waals surface area contributed by atoms with E-state index < -0.39 is 53.0 Å². The fourth-order valence-electron chi connectivity index (χ4n) is 8.16. The molecule has 3 aliphatic carbocycles. The summed E-state index contributed by atoms with van der Waals surface area (Å²) in [5.41, 5.74) is -0.142. The molecule has 3 saturated carbocycles. The molecule has 4 aliphatic rings. The lowest BCUT2D eigenvalue weighted by Gasteiger charge is -2.35. The maximum absolute atomic E-state index is 14.7. The third kappa shape index (κ3) is 7.66. The van der Waals surface area contributed by atoms with E-state index in [-0.39, 0.29) is 30.9 Å². The van der Waals surface area contributed by atoms with E-state index in [1.165, 1.54) is 36.9 Å². The van der Waals surface area contributed by atoms with E-state index in [2.05, 4.69) is 31.1 Å². The predicted octanol–water partition coefficient (Wildman–Crippen LogP) is 6.67. The molecule has 0 bridgehead atoms. The molecule has 300 valence electrons. The molecule has 3 heterocycles. The van der Waals surface area contributed by atoms with E-state index in [1.807, 2.05) is 26.2 Å². The van der Waals surface area contributed by atoms with Crippen molar-refractivity contribution in [2.75, 3.05) is 20.8 Å². The number of fused-ring (bicyclic) bond motifs is 2. The first kappa shape index (κ1) is 39.8. The van der Waals surface area contributed by atoms with Gasteiger partial charge in [-0.15, -0.1) is 17.9 Å². The number of likely N-dealkylation sites (tertiary alicyclic amines) is 1. The number of pyridine rings is 1. The van der Waals surface area contributed by atoms with Gasteiger partial charge in [0.25, 0.3) is 0 Å². The molecule has 3 amide bonds. The van der Waals surface area contributed by atoms with Gasteiger partial charge in [0.2, 0.25) is 11.8 Å². The lowest BCUT2D eigenvalue weighted by molar-refractivity contribution is -0.148. The number of amides is 3. The van der Waals surface area contributed by atoms with Gasteiger partial charge in [0.15, 0.2) is 0 Å². The molecule has 1 unspecified atom stereocenters. The van der Waals surface area contributed by atoms with Gasteiger partial charge in [-0.25, -0.2) is 19.6 Å². The van der Waals surface area contributed by atoms with Crippen LogP contribution >= 0.6 is 22.9 Å². The molecular formula is C41H50ClN5O8S. The molecule has 1 aromatic carbocycles. The Hall–Kier alpha value is -4.43. The summed E-state index contributed by atoms with van der Waals surface area (Å²) in [7, 11) is 2.79. The van der Waals surface area contributed by atoms with Crippen molar-refractivity contribution in [2.24, 2.45) is 23.2 Å². The van der Waals surface area contributed by atoms with Crippen LogP contribution in [0.1, 0.15) is 78.3 Å². The van der Waals surface area contributed by atoms with Gasteiger partial charge >= 0.3 is 12.1 Å². The van der Waals surface area contributed by atoms with E-state index in [0.29, 0.717) is 56.4 Å². The van der Waals surface area contributed by atoms with Crippen LogP contribution < -0.4 is 20.1 Å². The number of nitrogens with zero attached hydrogens (tertiary/aromatic N) is 3. The topological polar surface area (TPSA) is 158 Å². The number of rotatable bonds is 12. The lowest BCUT2D eigenvalue weighted by Crippen LogP contribution is -2.59. The number of thiazole rings is 1. The number of carbonyl (C=O) groups is 4. The van der Waals surface area contributed by atoms with Crippen molar-refractivity contribution in [1.29, 1.82) is 0 Å². The van der Waals surface area contributed by atoms with Gasteiger partial charge in [0.1, 0.15) is 57.1 Å². The quantitative estimate of drug-likeness (QED) is 0.150. The van der Waals surface area contributed by atoms with Gasteiger partial charge < -0.3 is 34.5 Å². The van der Waals surface area contributed by atoms with Crippen LogP contribution in [0.5, 0.6) is 11.5 Å². The Labute approximate surface area is 335 Å². The van der Waals surface area contributed by atoms with Gasteiger partial charge in [-0.3, -0.25) is 9.59 Å². The first-order chi connectivity index (χ1) is 26.6. The monoisotopic (exact) mass is 807 g/mol. The minimum absolute atomic E-state index is 0.000109.